The van der Waals surface area contributed by atoms with Gasteiger partial charge < -0.3 is 4.90 Å². The summed E-state index contributed by atoms with van der Waals surface area (Å²) in [4.78, 5) is 13.6. The molecule has 7 heteroatoms. The van der Waals surface area contributed by atoms with Crippen molar-refractivity contribution in [3.05, 3.63) is 28.8 Å². The molecule has 0 saturated heterocycles. The van der Waals surface area contributed by atoms with Gasteiger partial charge in [0, 0.05) is 13.6 Å². The van der Waals surface area contributed by atoms with Crippen LogP contribution in [0.3, 0.4) is 0 Å². The van der Waals surface area contributed by atoms with Crippen molar-refractivity contribution in [2.75, 3.05) is 13.6 Å². The Balaban J connectivity index is 2.39. The number of benzene rings is 1. The van der Waals surface area contributed by atoms with E-state index in [1.54, 1.807) is 7.05 Å². The van der Waals surface area contributed by atoms with Crippen LogP contribution in [0.1, 0.15) is 23.2 Å². The summed E-state index contributed by atoms with van der Waals surface area (Å²) >= 11 is 5.96. The number of carbonyl (C=O) groups is 1. The lowest BCUT2D eigenvalue weighted by Gasteiger charge is -2.19. The Labute approximate surface area is 117 Å². The summed E-state index contributed by atoms with van der Waals surface area (Å²) in [6, 6.07) is 4.23. The molecule has 1 fully saturated rings. The molecule has 1 saturated carbocycles. The predicted octanol–water partition coefficient (Wildman–Crippen LogP) is 1.47. The maximum atomic E-state index is 12.3. The van der Waals surface area contributed by atoms with Crippen LogP contribution in [0.4, 0.5) is 0 Å². The van der Waals surface area contributed by atoms with Crippen molar-refractivity contribution in [3.63, 3.8) is 0 Å². The highest BCUT2D eigenvalue weighted by atomic mass is 35.5. The van der Waals surface area contributed by atoms with E-state index in [0.29, 0.717) is 12.5 Å². The van der Waals surface area contributed by atoms with E-state index >= 15 is 0 Å². The maximum absolute atomic E-state index is 12.3. The fraction of sp³-hybridized carbons (Fsp3) is 0.417. The first kappa shape index (κ1) is 14.3. The van der Waals surface area contributed by atoms with Crippen molar-refractivity contribution in [1.82, 2.24) is 4.90 Å². The molecule has 0 aliphatic heterocycles. The molecule has 5 nitrogen and oxygen atoms in total. The van der Waals surface area contributed by atoms with Gasteiger partial charge in [-0.25, -0.2) is 13.6 Å². The molecule has 1 amide bonds. The second-order valence-corrected chi connectivity index (χ2v) is 6.72. The summed E-state index contributed by atoms with van der Waals surface area (Å²) in [5, 5.41) is 5.22. The average molecular weight is 303 g/mol. The fourth-order valence-electron chi connectivity index (χ4n) is 1.91. The zero-order valence-corrected chi connectivity index (χ0v) is 12.0. The van der Waals surface area contributed by atoms with Gasteiger partial charge in [-0.05, 0) is 30.9 Å². The molecule has 0 aromatic heterocycles. The molecule has 0 spiro atoms. The topological polar surface area (TPSA) is 80.5 Å². The van der Waals surface area contributed by atoms with Crippen LogP contribution in [0.25, 0.3) is 0 Å². The van der Waals surface area contributed by atoms with E-state index in [9.17, 15) is 13.2 Å². The molecule has 104 valence electrons. The van der Waals surface area contributed by atoms with E-state index in [1.165, 1.54) is 23.1 Å². The summed E-state index contributed by atoms with van der Waals surface area (Å²) in [5.41, 5.74) is -0.0465. The van der Waals surface area contributed by atoms with Crippen LogP contribution in [-0.2, 0) is 10.0 Å². The zero-order chi connectivity index (χ0) is 14.2. The Morgan fingerprint density at radius 3 is 2.63 bits per heavy atom. The summed E-state index contributed by atoms with van der Waals surface area (Å²) in [5.74, 6) is 0.0934. The first-order valence-electron chi connectivity index (χ1n) is 5.87. The normalized spacial score (nSPS) is 15.3. The number of nitrogens with two attached hydrogens (primary N) is 1. The van der Waals surface area contributed by atoms with Gasteiger partial charge in [0.1, 0.15) is 0 Å². The van der Waals surface area contributed by atoms with E-state index in [4.69, 9.17) is 16.7 Å². The Morgan fingerprint density at radius 1 is 1.47 bits per heavy atom. The molecule has 0 atom stereocenters. The predicted molar refractivity (Wildman–Crippen MR) is 72.5 cm³/mol. The van der Waals surface area contributed by atoms with Gasteiger partial charge in [-0.2, -0.15) is 0 Å². The van der Waals surface area contributed by atoms with Gasteiger partial charge in [-0.1, -0.05) is 17.7 Å². The van der Waals surface area contributed by atoms with Crippen LogP contribution in [0, 0.1) is 5.92 Å². The summed E-state index contributed by atoms with van der Waals surface area (Å²) < 4.78 is 23.0. The van der Waals surface area contributed by atoms with Gasteiger partial charge in [-0.15, -0.1) is 0 Å². The molecule has 1 aliphatic carbocycles. The summed E-state index contributed by atoms with van der Waals surface area (Å²) in [6.07, 6.45) is 2.20. The minimum Gasteiger partial charge on any atom is -0.341 e. The highest BCUT2D eigenvalue weighted by molar-refractivity contribution is 7.89. The Kier molecular flexibility index (Phi) is 3.85. The van der Waals surface area contributed by atoms with Crippen molar-refractivity contribution >= 4 is 27.5 Å². The number of sulfonamides is 1. The number of rotatable bonds is 4. The van der Waals surface area contributed by atoms with Crippen LogP contribution >= 0.6 is 11.6 Å². The third kappa shape index (κ3) is 3.26. The van der Waals surface area contributed by atoms with Gasteiger partial charge >= 0.3 is 0 Å². The molecule has 0 heterocycles. The van der Waals surface area contributed by atoms with Crippen LogP contribution in [-0.4, -0.2) is 32.8 Å². The maximum Gasteiger partial charge on any atom is 0.256 e. The molecule has 0 radical (unpaired) electrons. The third-order valence-corrected chi connectivity index (χ3v) is 4.34. The van der Waals surface area contributed by atoms with Gasteiger partial charge in [0.2, 0.25) is 10.0 Å². The minimum atomic E-state index is -3.98. The lowest BCUT2D eigenvalue weighted by Crippen LogP contribution is -2.31. The molecule has 1 aromatic rings. The molecule has 0 bridgehead atoms. The summed E-state index contributed by atoms with van der Waals surface area (Å²) in [6.45, 7) is 0.605. The quantitative estimate of drug-likeness (QED) is 0.914. The van der Waals surface area contributed by atoms with Crippen LogP contribution in [0.5, 0.6) is 0 Å². The second kappa shape index (κ2) is 5.11. The molecular weight excluding hydrogens is 288 g/mol. The van der Waals surface area contributed by atoms with Crippen molar-refractivity contribution in [2.24, 2.45) is 11.1 Å². The van der Waals surface area contributed by atoms with Crippen molar-refractivity contribution < 1.29 is 13.2 Å². The third-order valence-electron chi connectivity index (χ3n) is 3.07. The number of hydrogen-bond acceptors (Lipinski definition) is 3. The molecule has 2 rings (SSSR count). The van der Waals surface area contributed by atoms with E-state index in [0.717, 1.165) is 12.8 Å². The molecule has 1 aromatic carbocycles. The lowest BCUT2D eigenvalue weighted by molar-refractivity contribution is 0.0785. The van der Waals surface area contributed by atoms with Crippen molar-refractivity contribution in [1.29, 1.82) is 0 Å². The van der Waals surface area contributed by atoms with Crippen LogP contribution < -0.4 is 5.14 Å². The number of halogens is 1. The van der Waals surface area contributed by atoms with E-state index in [2.05, 4.69) is 0 Å². The monoisotopic (exact) mass is 302 g/mol. The largest absolute Gasteiger partial charge is 0.341 e. The number of amides is 1. The highest BCUT2D eigenvalue weighted by Crippen LogP contribution is 2.31. The van der Waals surface area contributed by atoms with E-state index in [-0.39, 0.29) is 15.5 Å². The Hall–Kier alpha value is -1.11. The molecule has 1 aliphatic rings. The first-order valence-corrected chi connectivity index (χ1v) is 7.80. The number of primary sulfonamides is 1. The number of hydrogen-bond donors (Lipinski definition) is 1. The average Bonchev–Trinajstić information content (AvgIpc) is 3.10. The standard InChI is InChI=1S/C12H15ClN2O3S/c1-15(7-8-5-6-8)12(16)11-9(13)3-2-4-10(11)19(14,17)18/h2-4,8H,5-7H2,1H3,(H2,14,17,18). The Bertz CT molecular complexity index is 611. The summed E-state index contributed by atoms with van der Waals surface area (Å²) in [7, 11) is -2.34. The molecular formula is C12H15ClN2O3S. The van der Waals surface area contributed by atoms with E-state index in [1.807, 2.05) is 0 Å². The number of nitrogens with zero attached hydrogens (tertiary/aromatic N) is 1. The molecule has 0 unspecified atom stereocenters. The van der Waals surface area contributed by atoms with E-state index < -0.39 is 15.9 Å². The highest BCUT2D eigenvalue weighted by Gasteiger charge is 2.29. The van der Waals surface area contributed by atoms with Gasteiger partial charge in [0.15, 0.2) is 0 Å². The molecule has 2 N–H and O–H groups in total. The second-order valence-electron chi connectivity index (χ2n) is 4.79. The number of carbonyl (C=O) groups excluding carboxylic acids is 1. The van der Waals surface area contributed by atoms with Crippen molar-refractivity contribution in [2.45, 2.75) is 17.7 Å². The van der Waals surface area contributed by atoms with Crippen LogP contribution in [0.15, 0.2) is 23.1 Å². The first-order chi connectivity index (χ1) is 8.80. The van der Waals surface area contributed by atoms with Crippen LogP contribution in [0.2, 0.25) is 5.02 Å². The minimum absolute atomic E-state index is 0.0465. The fourth-order valence-corrected chi connectivity index (χ4v) is 2.97. The van der Waals surface area contributed by atoms with Gasteiger partial charge in [0.05, 0.1) is 15.5 Å². The zero-order valence-electron chi connectivity index (χ0n) is 10.5. The lowest BCUT2D eigenvalue weighted by atomic mass is 10.2. The molecule has 19 heavy (non-hydrogen) atoms. The van der Waals surface area contributed by atoms with Gasteiger partial charge in [0.25, 0.3) is 5.91 Å². The van der Waals surface area contributed by atoms with Gasteiger partial charge in [-0.3, -0.25) is 4.79 Å². The SMILES string of the molecule is CN(CC1CC1)C(=O)c1c(Cl)cccc1S(N)(=O)=O. The Morgan fingerprint density at radius 2 is 2.11 bits per heavy atom. The smallest absolute Gasteiger partial charge is 0.256 e. The van der Waals surface area contributed by atoms with Crippen molar-refractivity contribution in [3.8, 4) is 0 Å².